The van der Waals surface area contributed by atoms with E-state index >= 15 is 0 Å². The van der Waals surface area contributed by atoms with Crippen LogP contribution in [0.25, 0.3) is 16.4 Å². The number of amides is 1. The third kappa shape index (κ3) is 3.32. The van der Waals surface area contributed by atoms with Gasteiger partial charge in [-0.05, 0) is 28.7 Å². The monoisotopic (exact) mass is 425 g/mol. The number of aromatic nitrogens is 2. The Balaban J connectivity index is 0.00000182. The molecule has 0 saturated carbocycles. The van der Waals surface area contributed by atoms with E-state index in [1.54, 1.807) is 35.0 Å². The first kappa shape index (κ1) is 18.0. The van der Waals surface area contributed by atoms with Crippen LogP contribution < -0.4 is 10.7 Å². The fourth-order valence-electron chi connectivity index (χ4n) is 2.69. The maximum absolute atomic E-state index is 12.6. The molecule has 0 bridgehead atoms. The molecule has 25 heavy (non-hydrogen) atoms. The summed E-state index contributed by atoms with van der Waals surface area (Å²) in [6.45, 7) is 0.313. The molecule has 1 amide bonds. The second-order valence-corrected chi connectivity index (χ2v) is 5.87. The first-order valence-corrected chi connectivity index (χ1v) is 7.67. The molecular formula is C18H11ClN3O2Y-. The summed E-state index contributed by atoms with van der Waals surface area (Å²) in [6, 6.07) is 13.3. The zero-order valence-corrected chi connectivity index (χ0v) is 16.6. The summed E-state index contributed by atoms with van der Waals surface area (Å²) in [5.41, 5.74) is 2.04. The molecule has 2 aromatic carbocycles. The number of imidazole rings is 1. The third-order valence-corrected chi connectivity index (χ3v) is 4.15. The van der Waals surface area contributed by atoms with E-state index in [0.29, 0.717) is 28.0 Å². The van der Waals surface area contributed by atoms with Crippen LogP contribution in [0, 0.1) is 6.07 Å². The fourth-order valence-corrected chi connectivity index (χ4v) is 2.81. The number of nitrogens with zero attached hydrogens (tertiary/aromatic N) is 2. The van der Waals surface area contributed by atoms with Gasteiger partial charge < -0.3 is 19.5 Å². The van der Waals surface area contributed by atoms with E-state index in [2.05, 4.69) is 16.4 Å². The maximum atomic E-state index is 12.6. The van der Waals surface area contributed by atoms with Gasteiger partial charge in [0.2, 0.25) is 0 Å². The fraction of sp³-hybridized carbons (Fsp3) is 0.0556. The predicted molar refractivity (Wildman–Crippen MR) is 91.6 cm³/mol. The van der Waals surface area contributed by atoms with E-state index in [-0.39, 0.29) is 43.7 Å². The zero-order chi connectivity index (χ0) is 16.7. The largest absolute Gasteiger partial charge is 0.348 e. The van der Waals surface area contributed by atoms with Crippen molar-refractivity contribution in [1.82, 2.24) is 14.7 Å². The molecular weight excluding hydrogens is 415 g/mol. The zero-order valence-electron chi connectivity index (χ0n) is 13.0. The second-order valence-electron chi connectivity index (χ2n) is 5.44. The Morgan fingerprint density at radius 1 is 1.24 bits per heavy atom. The minimum absolute atomic E-state index is 0. The number of hydrogen-bond donors (Lipinski definition) is 1. The van der Waals surface area contributed by atoms with Gasteiger partial charge in [0.1, 0.15) is 5.43 Å². The van der Waals surface area contributed by atoms with Gasteiger partial charge in [0.05, 0.1) is 11.9 Å². The Bertz CT molecular complexity index is 1110. The minimum Gasteiger partial charge on any atom is -0.348 e. The van der Waals surface area contributed by atoms with Gasteiger partial charge in [0, 0.05) is 50.5 Å². The van der Waals surface area contributed by atoms with Crippen LogP contribution in [0.1, 0.15) is 15.9 Å². The molecule has 7 heteroatoms. The van der Waals surface area contributed by atoms with Crippen molar-refractivity contribution < 1.29 is 37.5 Å². The normalized spacial score (nSPS) is 10.8. The van der Waals surface area contributed by atoms with E-state index in [9.17, 15) is 9.59 Å². The topological polar surface area (TPSA) is 63.5 Å². The summed E-state index contributed by atoms with van der Waals surface area (Å²) in [6.07, 6.45) is 3.10. The Morgan fingerprint density at radius 2 is 2.00 bits per heavy atom. The molecule has 0 unspecified atom stereocenters. The van der Waals surface area contributed by atoms with Crippen LogP contribution in [-0.4, -0.2) is 15.3 Å². The van der Waals surface area contributed by atoms with E-state index < -0.39 is 5.91 Å². The molecule has 0 aliphatic heterocycles. The third-order valence-electron chi connectivity index (χ3n) is 3.89. The van der Waals surface area contributed by atoms with E-state index in [4.69, 9.17) is 11.6 Å². The van der Waals surface area contributed by atoms with Crippen molar-refractivity contribution in [3.05, 3.63) is 81.4 Å². The van der Waals surface area contributed by atoms with Gasteiger partial charge in [-0.15, -0.1) is 6.07 Å². The van der Waals surface area contributed by atoms with Crippen molar-refractivity contribution in [3.8, 4) is 0 Å². The first-order chi connectivity index (χ1) is 11.6. The molecule has 1 N–H and O–H groups in total. The van der Waals surface area contributed by atoms with Crippen molar-refractivity contribution in [2.45, 2.75) is 6.54 Å². The number of benzene rings is 2. The summed E-state index contributed by atoms with van der Waals surface area (Å²) in [4.78, 5) is 29.2. The number of pyridine rings is 1. The molecule has 4 rings (SSSR count). The molecule has 1 radical (unpaired) electrons. The molecule has 0 aliphatic carbocycles. The maximum Gasteiger partial charge on any atom is 0.255 e. The number of halogens is 1. The van der Waals surface area contributed by atoms with Gasteiger partial charge in [0.15, 0.2) is 0 Å². The molecule has 0 aliphatic rings. The van der Waals surface area contributed by atoms with Gasteiger partial charge in [0.25, 0.3) is 5.91 Å². The molecule has 121 valence electrons. The van der Waals surface area contributed by atoms with Gasteiger partial charge in [-0.1, -0.05) is 29.1 Å². The smallest absolute Gasteiger partial charge is 0.255 e. The molecule has 0 atom stereocenters. The first-order valence-electron chi connectivity index (χ1n) is 7.29. The van der Waals surface area contributed by atoms with Crippen LogP contribution in [0.2, 0.25) is 5.02 Å². The van der Waals surface area contributed by atoms with Gasteiger partial charge in [-0.25, -0.2) is 0 Å². The number of carbonyl (C=O) groups excluding carboxylic acids is 1. The summed E-state index contributed by atoms with van der Waals surface area (Å²) in [5.74, 6) is -0.425. The number of rotatable bonds is 3. The van der Waals surface area contributed by atoms with Crippen molar-refractivity contribution in [1.29, 1.82) is 0 Å². The summed E-state index contributed by atoms with van der Waals surface area (Å²) in [5, 5.41) is 3.82. The molecule has 0 fully saturated rings. The molecule has 2 aromatic heterocycles. The van der Waals surface area contributed by atoms with Crippen molar-refractivity contribution >= 4 is 33.9 Å². The molecule has 0 saturated heterocycles. The summed E-state index contributed by atoms with van der Waals surface area (Å²) < 4.78 is 1.69. The summed E-state index contributed by atoms with van der Waals surface area (Å²) in [7, 11) is 0. The van der Waals surface area contributed by atoms with Crippen molar-refractivity contribution in [2.75, 3.05) is 0 Å². The number of carbonyl (C=O) groups is 1. The SMILES string of the molecule is O=C(NCc1ccc(Cl)cc1)c1cn2cnc3c[c-]cc(c1=O)c32.[Y]. The molecule has 4 aromatic rings. The molecule has 2 heterocycles. The van der Waals surface area contributed by atoms with Gasteiger partial charge in [-0.2, -0.15) is 12.1 Å². The van der Waals surface area contributed by atoms with Gasteiger partial charge in [-0.3, -0.25) is 4.79 Å². The van der Waals surface area contributed by atoms with E-state index in [1.165, 1.54) is 6.20 Å². The number of hydrogen-bond acceptors (Lipinski definition) is 3. The van der Waals surface area contributed by atoms with E-state index in [1.807, 2.05) is 12.1 Å². The van der Waals surface area contributed by atoms with Crippen LogP contribution in [0.3, 0.4) is 0 Å². The van der Waals surface area contributed by atoms with E-state index in [0.717, 1.165) is 5.56 Å². The number of nitrogens with one attached hydrogen (secondary N) is 1. The van der Waals surface area contributed by atoms with Crippen LogP contribution >= 0.6 is 11.6 Å². The van der Waals surface area contributed by atoms with Crippen LogP contribution in [0.4, 0.5) is 0 Å². The van der Waals surface area contributed by atoms with Gasteiger partial charge >= 0.3 is 0 Å². The average Bonchev–Trinajstić information content (AvgIpc) is 3.01. The van der Waals surface area contributed by atoms with Crippen LogP contribution in [0.15, 0.2) is 53.7 Å². The predicted octanol–water partition coefficient (Wildman–Crippen LogP) is 2.67. The minimum atomic E-state index is -0.425. The van der Waals surface area contributed by atoms with Crippen LogP contribution in [0.5, 0.6) is 0 Å². The van der Waals surface area contributed by atoms with Crippen molar-refractivity contribution in [3.63, 3.8) is 0 Å². The summed E-state index contributed by atoms with van der Waals surface area (Å²) >= 11 is 5.84. The van der Waals surface area contributed by atoms with Crippen LogP contribution in [-0.2, 0) is 39.3 Å². The Kier molecular flexibility index (Phi) is 5.18. The molecule has 5 nitrogen and oxygen atoms in total. The Morgan fingerprint density at radius 3 is 2.76 bits per heavy atom. The quantitative estimate of drug-likeness (QED) is 0.513. The van der Waals surface area contributed by atoms with Crippen molar-refractivity contribution in [2.24, 2.45) is 0 Å². The Labute approximate surface area is 173 Å². The second kappa shape index (κ2) is 7.20. The molecule has 0 spiro atoms. The standard InChI is InChI=1S/C18H11ClN3O2.Y/c19-12-6-4-11(5-7-12)8-20-18(24)14-9-22-10-21-15-3-1-2-13(16(15)22)17(14)23;/h2-7,9-10H,8H2,(H,20,24);/q-1;. The average molecular weight is 426 g/mol. The Hall–Kier alpha value is -1.82.